The van der Waals surface area contributed by atoms with Gasteiger partial charge in [-0.15, -0.1) is 5.10 Å². The summed E-state index contributed by atoms with van der Waals surface area (Å²) in [4.78, 5) is 3.16. The van der Waals surface area contributed by atoms with Crippen molar-refractivity contribution in [2.45, 2.75) is 72.1 Å². The van der Waals surface area contributed by atoms with Gasteiger partial charge in [-0.3, -0.25) is 5.41 Å². The van der Waals surface area contributed by atoms with Crippen molar-refractivity contribution in [1.29, 1.82) is 5.41 Å². The van der Waals surface area contributed by atoms with E-state index in [2.05, 4.69) is 28.3 Å². The second-order valence-corrected chi connectivity index (χ2v) is 6.40. The smallest absolute Gasteiger partial charge is 0.141 e. The SMILES string of the molecule is CCCCCCN(CCCCCC)C(=N)c1snnc1C. The number of aromatic nitrogens is 2. The second-order valence-electron chi connectivity index (χ2n) is 5.64. The van der Waals surface area contributed by atoms with E-state index in [1.54, 1.807) is 0 Å². The van der Waals surface area contributed by atoms with Gasteiger partial charge in [0.2, 0.25) is 0 Å². The van der Waals surface area contributed by atoms with Crippen molar-refractivity contribution in [3.05, 3.63) is 10.6 Å². The zero-order valence-corrected chi connectivity index (χ0v) is 14.6. The second kappa shape index (κ2) is 10.7. The minimum absolute atomic E-state index is 0.621. The molecular formula is C16H30N4S. The van der Waals surface area contributed by atoms with Crippen molar-refractivity contribution in [3.8, 4) is 0 Å². The van der Waals surface area contributed by atoms with Gasteiger partial charge in [-0.2, -0.15) is 0 Å². The maximum atomic E-state index is 8.46. The first kappa shape index (κ1) is 18.1. The van der Waals surface area contributed by atoms with E-state index in [0.717, 1.165) is 23.7 Å². The molecule has 0 aromatic carbocycles. The molecule has 1 aromatic heterocycles. The van der Waals surface area contributed by atoms with E-state index in [1.807, 2.05) is 6.92 Å². The summed E-state index contributed by atoms with van der Waals surface area (Å²) in [6.07, 6.45) is 9.96. The van der Waals surface area contributed by atoms with Gasteiger partial charge in [0.15, 0.2) is 0 Å². The van der Waals surface area contributed by atoms with Gasteiger partial charge < -0.3 is 4.90 Å². The topological polar surface area (TPSA) is 52.9 Å². The first-order valence-electron chi connectivity index (χ1n) is 8.33. The minimum Gasteiger partial charge on any atom is -0.356 e. The molecule has 0 fully saturated rings. The third-order valence-electron chi connectivity index (χ3n) is 3.75. The van der Waals surface area contributed by atoms with Crippen LogP contribution in [0.25, 0.3) is 0 Å². The largest absolute Gasteiger partial charge is 0.356 e. The minimum atomic E-state index is 0.621. The maximum absolute atomic E-state index is 8.46. The van der Waals surface area contributed by atoms with Crippen molar-refractivity contribution in [3.63, 3.8) is 0 Å². The molecule has 0 aliphatic rings. The van der Waals surface area contributed by atoms with Gasteiger partial charge in [-0.25, -0.2) is 0 Å². The number of hydrogen-bond donors (Lipinski definition) is 1. The van der Waals surface area contributed by atoms with Crippen LogP contribution in [0.3, 0.4) is 0 Å². The molecule has 0 aliphatic heterocycles. The Morgan fingerprint density at radius 2 is 1.57 bits per heavy atom. The van der Waals surface area contributed by atoms with Crippen LogP contribution in [0.15, 0.2) is 0 Å². The normalized spacial score (nSPS) is 10.8. The first-order valence-corrected chi connectivity index (χ1v) is 9.10. The summed E-state index contributed by atoms with van der Waals surface area (Å²) in [5, 5.41) is 12.5. The van der Waals surface area contributed by atoms with Gasteiger partial charge >= 0.3 is 0 Å². The highest BCUT2D eigenvalue weighted by molar-refractivity contribution is 7.08. The molecule has 5 heteroatoms. The fourth-order valence-corrected chi connectivity index (χ4v) is 3.02. The molecule has 0 spiro atoms. The summed E-state index contributed by atoms with van der Waals surface area (Å²) in [7, 11) is 0. The van der Waals surface area contributed by atoms with Gasteiger partial charge in [-0.05, 0) is 31.3 Å². The van der Waals surface area contributed by atoms with Crippen molar-refractivity contribution < 1.29 is 0 Å². The van der Waals surface area contributed by atoms with Gasteiger partial charge in [0.1, 0.15) is 10.7 Å². The summed E-state index contributed by atoms with van der Waals surface area (Å²) in [5.41, 5.74) is 0.886. The Bertz CT molecular complexity index is 391. The molecule has 0 radical (unpaired) electrons. The van der Waals surface area contributed by atoms with E-state index < -0.39 is 0 Å². The zero-order valence-electron chi connectivity index (χ0n) is 13.8. The monoisotopic (exact) mass is 310 g/mol. The summed E-state index contributed by atoms with van der Waals surface area (Å²) in [6.45, 7) is 8.39. The third-order valence-corrected chi connectivity index (χ3v) is 4.58. The quantitative estimate of drug-likeness (QED) is 0.368. The fraction of sp³-hybridized carbons (Fsp3) is 0.812. The van der Waals surface area contributed by atoms with E-state index in [0.29, 0.717) is 5.84 Å². The summed E-state index contributed by atoms with van der Waals surface area (Å²) < 4.78 is 3.97. The lowest BCUT2D eigenvalue weighted by molar-refractivity contribution is 0.386. The molecule has 0 unspecified atom stereocenters. The molecule has 1 heterocycles. The lowest BCUT2D eigenvalue weighted by Crippen LogP contribution is -2.33. The number of hydrogen-bond acceptors (Lipinski definition) is 4. The average molecular weight is 311 g/mol. The highest BCUT2D eigenvalue weighted by Crippen LogP contribution is 2.15. The Morgan fingerprint density at radius 3 is 2.00 bits per heavy atom. The molecule has 0 atom stereocenters. The molecule has 0 saturated heterocycles. The lowest BCUT2D eigenvalue weighted by Gasteiger charge is -2.24. The summed E-state index contributed by atoms with van der Waals surface area (Å²) in [5.74, 6) is 0.621. The van der Waals surface area contributed by atoms with Gasteiger partial charge in [0.25, 0.3) is 0 Å². The van der Waals surface area contributed by atoms with Crippen LogP contribution < -0.4 is 0 Å². The van der Waals surface area contributed by atoms with E-state index in [1.165, 1.54) is 62.9 Å². The van der Waals surface area contributed by atoms with Crippen molar-refractivity contribution in [2.75, 3.05) is 13.1 Å². The van der Waals surface area contributed by atoms with Crippen molar-refractivity contribution in [1.82, 2.24) is 14.5 Å². The highest BCUT2D eigenvalue weighted by Gasteiger charge is 2.16. The predicted molar refractivity (Wildman–Crippen MR) is 91.3 cm³/mol. The van der Waals surface area contributed by atoms with Crippen LogP contribution in [0.2, 0.25) is 0 Å². The molecule has 0 bridgehead atoms. The Kier molecular flexibility index (Phi) is 9.22. The molecule has 0 saturated carbocycles. The van der Waals surface area contributed by atoms with Crippen LogP contribution in [0, 0.1) is 12.3 Å². The molecule has 1 aromatic rings. The lowest BCUT2D eigenvalue weighted by atomic mass is 10.1. The third kappa shape index (κ3) is 6.55. The van der Waals surface area contributed by atoms with Crippen LogP contribution in [0.1, 0.15) is 75.8 Å². The highest BCUT2D eigenvalue weighted by atomic mass is 32.1. The zero-order chi connectivity index (χ0) is 15.5. The Hall–Kier alpha value is -0.970. The number of nitrogens with zero attached hydrogens (tertiary/aromatic N) is 3. The number of unbranched alkanes of at least 4 members (excludes halogenated alkanes) is 6. The molecule has 120 valence electrons. The fourth-order valence-electron chi connectivity index (χ4n) is 2.39. The average Bonchev–Trinajstić information content (AvgIpc) is 2.91. The number of aryl methyl sites for hydroxylation is 1. The predicted octanol–water partition coefficient (Wildman–Crippen LogP) is 4.63. The molecule has 1 rings (SSSR count). The van der Waals surface area contributed by atoms with E-state index in [9.17, 15) is 0 Å². The van der Waals surface area contributed by atoms with Crippen molar-refractivity contribution >= 4 is 17.4 Å². The molecule has 0 amide bonds. The van der Waals surface area contributed by atoms with E-state index in [-0.39, 0.29) is 0 Å². The standard InChI is InChI=1S/C16H30N4S/c1-4-6-8-10-12-20(13-11-9-7-5-2)16(17)15-14(3)18-19-21-15/h17H,4-13H2,1-3H3. The number of nitrogens with one attached hydrogen (secondary N) is 1. The Morgan fingerprint density at radius 1 is 1.00 bits per heavy atom. The summed E-state index contributed by atoms with van der Waals surface area (Å²) >= 11 is 1.35. The van der Waals surface area contributed by atoms with Crippen LogP contribution >= 0.6 is 11.5 Å². The first-order chi connectivity index (χ1) is 10.2. The molecular weight excluding hydrogens is 280 g/mol. The molecule has 4 nitrogen and oxygen atoms in total. The molecule has 0 aliphatic carbocycles. The summed E-state index contributed by atoms with van der Waals surface area (Å²) in [6, 6.07) is 0. The Labute approximate surface area is 133 Å². The van der Waals surface area contributed by atoms with Crippen LogP contribution in [-0.4, -0.2) is 33.4 Å². The molecule has 1 N–H and O–H groups in total. The van der Waals surface area contributed by atoms with Gasteiger partial charge in [-0.1, -0.05) is 56.9 Å². The van der Waals surface area contributed by atoms with E-state index in [4.69, 9.17) is 5.41 Å². The van der Waals surface area contributed by atoms with Gasteiger partial charge in [0.05, 0.1) is 5.69 Å². The van der Waals surface area contributed by atoms with E-state index >= 15 is 0 Å². The van der Waals surface area contributed by atoms with Gasteiger partial charge in [0, 0.05) is 13.1 Å². The molecule has 21 heavy (non-hydrogen) atoms. The van der Waals surface area contributed by atoms with Crippen molar-refractivity contribution in [2.24, 2.45) is 0 Å². The van der Waals surface area contributed by atoms with Crippen LogP contribution in [-0.2, 0) is 0 Å². The van der Waals surface area contributed by atoms with Crippen LogP contribution in [0.5, 0.6) is 0 Å². The van der Waals surface area contributed by atoms with Crippen LogP contribution in [0.4, 0.5) is 0 Å². The number of amidine groups is 1. The maximum Gasteiger partial charge on any atom is 0.141 e. The Balaban J connectivity index is 2.53. The number of rotatable bonds is 11.